The lowest BCUT2D eigenvalue weighted by atomic mass is 9.73. The summed E-state index contributed by atoms with van der Waals surface area (Å²) in [4.78, 5) is 26.8. The Morgan fingerprint density at radius 3 is 2.54 bits per heavy atom. The average molecular weight is 540 g/mol. The van der Waals surface area contributed by atoms with Crippen molar-refractivity contribution in [2.75, 3.05) is 26.7 Å². The molecule has 1 heterocycles. The summed E-state index contributed by atoms with van der Waals surface area (Å²) in [6.45, 7) is 3.31. The Bertz CT molecular complexity index is 1130. The first-order valence-corrected chi connectivity index (χ1v) is 13.8. The fourth-order valence-electron chi connectivity index (χ4n) is 5.96. The maximum absolute atomic E-state index is 13.4. The summed E-state index contributed by atoms with van der Waals surface area (Å²) in [5, 5.41) is 25.3. The van der Waals surface area contributed by atoms with Crippen molar-refractivity contribution >= 4 is 12.0 Å². The lowest BCUT2D eigenvalue weighted by molar-refractivity contribution is -0.141. The normalized spacial score (nSPS) is 24.6. The van der Waals surface area contributed by atoms with Crippen molar-refractivity contribution in [3.63, 3.8) is 0 Å². The molecule has 39 heavy (non-hydrogen) atoms. The Morgan fingerprint density at radius 2 is 1.85 bits per heavy atom. The molecule has 9 nitrogen and oxygen atoms in total. The zero-order chi connectivity index (χ0) is 28.0. The van der Waals surface area contributed by atoms with E-state index in [2.05, 4.69) is 10.1 Å². The van der Waals surface area contributed by atoms with Gasteiger partial charge in [0.05, 0.1) is 18.8 Å². The zero-order valence-electron chi connectivity index (χ0n) is 22.8. The molecular formula is C30H41N3O6. The molecule has 2 aromatic rings. The van der Waals surface area contributed by atoms with Crippen molar-refractivity contribution in [2.24, 2.45) is 17.6 Å². The number of nitrogens with two attached hydrogens (primary N) is 1. The van der Waals surface area contributed by atoms with Crippen LogP contribution in [-0.4, -0.2) is 66.0 Å². The van der Waals surface area contributed by atoms with Crippen LogP contribution >= 0.6 is 0 Å². The van der Waals surface area contributed by atoms with E-state index in [1.807, 2.05) is 60.4 Å². The number of nitrogens with zero attached hydrogens (tertiary/aromatic N) is 1. The van der Waals surface area contributed by atoms with Gasteiger partial charge in [-0.15, -0.1) is 0 Å². The van der Waals surface area contributed by atoms with Gasteiger partial charge < -0.3 is 35.6 Å². The Morgan fingerprint density at radius 1 is 1.13 bits per heavy atom. The van der Waals surface area contributed by atoms with E-state index in [4.69, 9.17) is 10.5 Å². The van der Waals surface area contributed by atoms with E-state index in [0.29, 0.717) is 62.4 Å². The number of methoxy groups -OCH3 is 1. The molecule has 2 aromatic carbocycles. The number of hydrogen-bond donors (Lipinski definition) is 4. The number of amides is 2. The highest BCUT2D eigenvalue weighted by atomic mass is 16.5. The van der Waals surface area contributed by atoms with Gasteiger partial charge in [0, 0.05) is 43.1 Å². The number of aliphatic hydroxyl groups excluding tert-OH is 1. The molecule has 0 spiro atoms. The number of para-hydroxylation sites is 2. The highest BCUT2D eigenvalue weighted by molar-refractivity contribution is 5.79. The first-order valence-electron chi connectivity index (χ1n) is 13.8. The Balaban J connectivity index is 1.60. The van der Waals surface area contributed by atoms with E-state index in [1.165, 1.54) is 7.11 Å². The predicted molar refractivity (Wildman–Crippen MR) is 147 cm³/mol. The molecule has 1 aliphatic carbocycles. The van der Waals surface area contributed by atoms with E-state index >= 15 is 0 Å². The van der Waals surface area contributed by atoms with Crippen molar-refractivity contribution in [1.82, 2.24) is 10.2 Å². The van der Waals surface area contributed by atoms with Gasteiger partial charge in [-0.05, 0) is 63.1 Å². The Kier molecular flexibility index (Phi) is 9.48. The van der Waals surface area contributed by atoms with Crippen LogP contribution in [-0.2, 0) is 15.1 Å². The maximum Gasteiger partial charge on any atom is 0.406 e. The van der Waals surface area contributed by atoms with Crippen LogP contribution < -0.4 is 15.8 Å². The number of rotatable bonds is 9. The van der Waals surface area contributed by atoms with Crippen molar-refractivity contribution in [3.05, 3.63) is 59.7 Å². The van der Waals surface area contributed by atoms with Crippen molar-refractivity contribution < 1.29 is 29.3 Å². The number of hydrogen-bond acceptors (Lipinski definition) is 7. The number of likely N-dealkylation sites (tertiary alicyclic amines) is 1. The molecule has 2 amide bonds. The lowest BCUT2D eigenvalue weighted by Crippen LogP contribution is -2.49. The number of aryl methyl sites for hydroxylation is 1. The van der Waals surface area contributed by atoms with E-state index < -0.39 is 17.8 Å². The largest absolute Gasteiger partial charge is 0.457 e. The fourth-order valence-corrected chi connectivity index (χ4v) is 5.96. The van der Waals surface area contributed by atoms with Gasteiger partial charge >= 0.3 is 6.09 Å². The lowest BCUT2D eigenvalue weighted by Gasteiger charge is -2.44. The van der Waals surface area contributed by atoms with Crippen LogP contribution in [0.5, 0.6) is 11.5 Å². The number of aliphatic hydroxyl groups is 2. The summed E-state index contributed by atoms with van der Waals surface area (Å²) < 4.78 is 11.0. The molecule has 1 saturated heterocycles. The second kappa shape index (κ2) is 12.8. The molecule has 1 aliphatic heterocycles. The van der Waals surface area contributed by atoms with Crippen LogP contribution in [0.25, 0.3) is 0 Å². The van der Waals surface area contributed by atoms with Crippen LogP contribution in [0, 0.1) is 18.8 Å². The molecule has 0 unspecified atom stereocenters. The first-order chi connectivity index (χ1) is 18.7. The van der Waals surface area contributed by atoms with Crippen LogP contribution in [0.3, 0.4) is 0 Å². The molecule has 0 radical (unpaired) electrons. The summed E-state index contributed by atoms with van der Waals surface area (Å²) in [6.07, 6.45) is 1.99. The summed E-state index contributed by atoms with van der Waals surface area (Å²) in [6, 6.07) is 14.8. The summed E-state index contributed by atoms with van der Waals surface area (Å²) in [5.74, 6) is 0.698. The van der Waals surface area contributed by atoms with Crippen molar-refractivity contribution in [1.29, 1.82) is 0 Å². The summed E-state index contributed by atoms with van der Waals surface area (Å²) in [5.41, 5.74) is 6.30. The standard InChI is InChI=1S/C30H41N3O6/c1-20-9-3-5-12-26(20)39-27-13-6-4-11-23(27)30(37,14-8-15-32-29(36)38-2)22-10-7-16-33(19-22)28(35)21-17-24(31)25(34)18-21/h3-6,9,11-13,21-22,24-25,34,37H,7-8,10,14-19,31H2,1-2H3,(H,32,36)/t21-,22+,24+,25-,30-/m0/s1. The number of alkyl carbamates (subject to hydrolysis) is 1. The molecule has 212 valence electrons. The molecule has 0 aromatic heterocycles. The zero-order valence-corrected chi connectivity index (χ0v) is 22.8. The van der Waals surface area contributed by atoms with Gasteiger partial charge in [0.25, 0.3) is 0 Å². The second-order valence-corrected chi connectivity index (χ2v) is 10.8. The molecule has 2 aliphatic rings. The molecular weight excluding hydrogens is 498 g/mol. The number of nitrogens with one attached hydrogen (secondary N) is 1. The number of piperidine rings is 1. The van der Waals surface area contributed by atoms with E-state index in [9.17, 15) is 19.8 Å². The summed E-state index contributed by atoms with van der Waals surface area (Å²) in [7, 11) is 1.31. The van der Waals surface area contributed by atoms with Gasteiger partial charge in [-0.25, -0.2) is 4.79 Å². The number of benzene rings is 2. The second-order valence-electron chi connectivity index (χ2n) is 10.8. The van der Waals surface area contributed by atoms with Crippen molar-refractivity contribution in [3.8, 4) is 11.5 Å². The Labute approximate surface area is 230 Å². The van der Waals surface area contributed by atoms with Gasteiger partial charge in [0.2, 0.25) is 5.91 Å². The fraction of sp³-hybridized carbons (Fsp3) is 0.533. The smallest absolute Gasteiger partial charge is 0.406 e. The predicted octanol–water partition coefficient (Wildman–Crippen LogP) is 3.45. The minimum atomic E-state index is -1.32. The van der Waals surface area contributed by atoms with Gasteiger partial charge in [-0.1, -0.05) is 36.4 Å². The highest BCUT2D eigenvalue weighted by Gasteiger charge is 2.44. The van der Waals surface area contributed by atoms with Gasteiger partial charge in [-0.3, -0.25) is 4.79 Å². The summed E-state index contributed by atoms with van der Waals surface area (Å²) >= 11 is 0. The SMILES string of the molecule is COC(=O)NCCC[C@@](O)(c1ccccc1Oc1ccccc1C)[C@@H]1CCCN(C(=O)[C@H]2C[C@@H](N)[C@@H](O)C2)C1. The molecule has 9 heteroatoms. The third kappa shape index (κ3) is 6.72. The van der Waals surface area contributed by atoms with Gasteiger partial charge in [0.15, 0.2) is 0 Å². The third-order valence-corrected chi connectivity index (χ3v) is 8.19. The molecule has 5 N–H and O–H groups in total. The van der Waals surface area contributed by atoms with E-state index in [-0.39, 0.29) is 23.8 Å². The Hall–Kier alpha value is -3.14. The van der Waals surface area contributed by atoms with Crippen molar-refractivity contribution in [2.45, 2.75) is 63.2 Å². The number of ether oxygens (including phenoxy) is 2. The first kappa shape index (κ1) is 28.9. The van der Waals surface area contributed by atoms with Gasteiger partial charge in [-0.2, -0.15) is 0 Å². The third-order valence-electron chi connectivity index (χ3n) is 8.19. The minimum absolute atomic E-state index is 0.00847. The monoisotopic (exact) mass is 539 g/mol. The van der Waals surface area contributed by atoms with Crippen LogP contribution in [0.2, 0.25) is 0 Å². The maximum atomic E-state index is 13.4. The highest BCUT2D eigenvalue weighted by Crippen LogP contribution is 2.44. The number of carbonyl (C=O) groups excluding carboxylic acids is 2. The van der Waals surface area contributed by atoms with Crippen LogP contribution in [0.15, 0.2) is 48.5 Å². The number of carbonyl (C=O) groups is 2. The molecule has 1 saturated carbocycles. The molecule has 4 rings (SSSR count). The van der Waals surface area contributed by atoms with Crippen LogP contribution in [0.1, 0.15) is 49.7 Å². The van der Waals surface area contributed by atoms with E-state index in [0.717, 1.165) is 18.4 Å². The topological polar surface area (TPSA) is 134 Å². The average Bonchev–Trinajstić information content (AvgIpc) is 3.29. The van der Waals surface area contributed by atoms with Crippen LogP contribution in [0.4, 0.5) is 4.79 Å². The van der Waals surface area contributed by atoms with E-state index in [1.54, 1.807) is 0 Å². The van der Waals surface area contributed by atoms with Gasteiger partial charge in [0.1, 0.15) is 11.5 Å². The molecule has 5 atom stereocenters. The molecule has 0 bridgehead atoms. The minimum Gasteiger partial charge on any atom is -0.457 e. The quantitative estimate of drug-likeness (QED) is 0.359. The molecule has 2 fully saturated rings.